The minimum atomic E-state index is -0.738. The number of carboxylic acids is 1. The lowest BCUT2D eigenvalue weighted by Crippen LogP contribution is -2.05. The van der Waals surface area contributed by atoms with Gasteiger partial charge in [-0.3, -0.25) is 9.59 Å². The maximum absolute atomic E-state index is 11.4. The number of hydrogen-bond donors (Lipinski definition) is 1. The zero-order chi connectivity index (χ0) is 13.4. The molecular formula is C15H22O3. The topological polar surface area (TPSA) is 54.4 Å². The maximum Gasteiger partial charge on any atom is 0.303 e. The molecule has 0 fully saturated rings. The Kier molecular flexibility index (Phi) is 6.40. The van der Waals surface area contributed by atoms with Crippen LogP contribution in [0.4, 0.5) is 0 Å². The summed E-state index contributed by atoms with van der Waals surface area (Å²) in [6, 6.07) is 0. The van der Waals surface area contributed by atoms with E-state index in [4.69, 9.17) is 5.11 Å². The van der Waals surface area contributed by atoms with E-state index in [1.54, 1.807) is 0 Å². The molecule has 0 bridgehead atoms. The third-order valence-electron chi connectivity index (χ3n) is 3.29. The summed E-state index contributed by atoms with van der Waals surface area (Å²) < 4.78 is 0. The number of carboxylic acid groups (broad SMARTS) is 1. The van der Waals surface area contributed by atoms with E-state index < -0.39 is 5.97 Å². The second kappa shape index (κ2) is 7.85. The van der Waals surface area contributed by atoms with Crippen LogP contribution in [-0.4, -0.2) is 16.9 Å². The fourth-order valence-corrected chi connectivity index (χ4v) is 2.25. The smallest absolute Gasteiger partial charge is 0.303 e. The Morgan fingerprint density at radius 3 is 2.89 bits per heavy atom. The summed E-state index contributed by atoms with van der Waals surface area (Å²) in [6.07, 6.45) is 12.3. The molecule has 0 spiro atoms. The highest BCUT2D eigenvalue weighted by Crippen LogP contribution is 2.20. The monoisotopic (exact) mass is 250 g/mol. The number of Topliss-reactive ketones (excluding diaryl/α,β-unsaturated/α-hetero) is 1. The van der Waals surface area contributed by atoms with E-state index in [1.807, 2.05) is 18.2 Å². The highest BCUT2D eigenvalue weighted by molar-refractivity contribution is 5.86. The molecule has 0 aromatic carbocycles. The normalized spacial score (nSPS) is 20.7. The molecule has 2 atom stereocenters. The number of carbonyl (C=O) groups excluding carboxylic acids is 1. The van der Waals surface area contributed by atoms with Crippen molar-refractivity contribution < 1.29 is 14.7 Å². The Morgan fingerprint density at radius 2 is 2.33 bits per heavy atom. The first kappa shape index (κ1) is 14.7. The fourth-order valence-electron chi connectivity index (χ4n) is 2.25. The molecule has 100 valence electrons. The third kappa shape index (κ3) is 5.30. The molecule has 1 aliphatic rings. The van der Waals surface area contributed by atoms with Gasteiger partial charge < -0.3 is 5.11 Å². The fraction of sp³-hybridized carbons (Fsp3) is 0.600. The summed E-state index contributed by atoms with van der Waals surface area (Å²) >= 11 is 0. The van der Waals surface area contributed by atoms with Crippen molar-refractivity contribution in [1.82, 2.24) is 0 Å². The Hall–Kier alpha value is -1.38. The molecule has 0 heterocycles. The average molecular weight is 250 g/mol. The molecule has 0 amide bonds. The van der Waals surface area contributed by atoms with Crippen molar-refractivity contribution in [1.29, 1.82) is 0 Å². The summed E-state index contributed by atoms with van der Waals surface area (Å²) in [4.78, 5) is 22.0. The van der Waals surface area contributed by atoms with Gasteiger partial charge in [0.25, 0.3) is 0 Å². The van der Waals surface area contributed by atoms with Gasteiger partial charge in [0.05, 0.1) is 0 Å². The van der Waals surface area contributed by atoms with E-state index in [0.717, 1.165) is 19.3 Å². The lowest BCUT2D eigenvalue weighted by atomic mass is 9.95. The molecule has 18 heavy (non-hydrogen) atoms. The van der Waals surface area contributed by atoms with Crippen molar-refractivity contribution in [3.8, 4) is 0 Å². The highest BCUT2D eigenvalue weighted by Gasteiger charge is 2.17. The number of hydrogen-bond acceptors (Lipinski definition) is 2. The second-order valence-electron chi connectivity index (χ2n) is 4.85. The van der Waals surface area contributed by atoms with Gasteiger partial charge in [-0.05, 0) is 25.2 Å². The number of allylic oxidation sites excluding steroid dienone is 4. The quantitative estimate of drug-likeness (QED) is 0.672. The highest BCUT2D eigenvalue weighted by atomic mass is 16.4. The van der Waals surface area contributed by atoms with E-state index in [1.165, 1.54) is 0 Å². The van der Waals surface area contributed by atoms with E-state index in [0.29, 0.717) is 18.8 Å². The minimum Gasteiger partial charge on any atom is -0.481 e. The number of rotatable bonds is 8. The molecule has 1 aliphatic carbocycles. The van der Waals surface area contributed by atoms with Crippen LogP contribution in [0.2, 0.25) is 0 Å². The van der Waals surface area contributed by atoms with Crippen LogP contribution in [0.25, 0.3) is 0 Å². The van der Waals surface area contributed by atoms with Crippen molar-refractivity contribution in [3.63, 3.8) is 0 Å². The summed E-state index contributed by atoms with van der Waals surface area (Å²) in [5, 5.41) is 8.69. The molecule has 3 heteroatoms. The molecule has 0 aromatic rings. The van der Waals surface area contributed by atoms with Crippen LogP contribution in [0.15, 0.2) is 24.3 Å². The zero-order valence-electron chi connectivity index (χ0n) is 11.0. The number of ketones is 1. The average Bonchev–Trinajstić information content (AvgIpc) is 2.72. The van der Waals surface area contributed by atoms with Crippen molar-refractivity contribution >= 4 is 11.8 Å². The number of aliphatic carboxylic acids is 1. The zero-order valence-corrected chi connectivity index (χ0v) is 11.0. The first-order valence-electron chi connectivity index (χ1n) is 6.71. The molecule has 2 unspecified atom stereocenters. The molecule has 0 aromatic heterocycles. The third-order valence-corrected chi connectivity index (χ3v) is 3.29. The van der Waals surface area contributed by atoms with Gasteiger partial charge in [0.2, 0.25) is 0 Å². The Bertz CT molecular complexity index is 342. The second-order valence-corrected chi connectivity index (χ2v) is 4.85. The molecule has 0 aliphatic heterocycles. The van der Waals surface area contributed by atoms with Crippen molar-refractivity contribution in [2.24, 2.45) is 11.8 Å². The van der Waals surface area contributed by atoms with Gasteiger partial charge in [-0.2, -0.15) is 0 Å². The maximum atomic E-state index is 11.4. The van der Waals surface area contributed by atoms with Gasteiger partial charge in [-0.25, -0.2) is 0 Å². The standard InChI is InChI=1S/C15H22O3/c1-2-5-12(10-11-15(17)18)6-3-7-13-8-4-9-14(13)16/h3-4,6,8,12-13H,2,5,7,9-11H2,1H3,(H,17,18)/b6-3-. The van der Waals surface area contributed by atoms with Gasteiger partial charge in [0.1, 0.15) is 5.78 Å². The van der Waals surface area contributed by atoms with Crippen LogP contribution < -0.4 is 0 Å². The first-order chi connectivity index (χ1) is 8.63. The van der Waals surface area contributed by atoms with Crippen molar-refractivity contribution in [3.05, 3.63) is 24.3 Å². The van der Waals surface area contributed by atoms with Crippen molar-refractivity contribution in [2.75, 3.05) is 0 Å². The van der Waals surface area contributed by atoms with Crippen LogP contribution in [0.5, 0.6) is 0 Å². The van der Waals surface area contributed by atoms with E-state index in [9.17, 15) is 9.59 Å². The molecular weight excluding hydrogens is 228 g/mol. The first-order valence-corrected chi connectivity index (χ1v) is 6.71. The van der Waals surface area contributed by atoms with Gasteiger partial charge >= 0.3 is 5.97 Å². The molecule has 0 radical (unpaired) electrons. The van der Waals surface area contributed by atoms with Gasteiger partial charge in [-0.1, -0.05) is 37.6 Å². The minimum absolute atomic E-state index is 0.0444. The molecule has 0 saturated carbocycles. The molecule has 1 rings (SSSR count). The lowest BCUT2D eigenvalue weighted by molar-refractivity contribution is -0.137. The molecule has 3 nitrogen and oxygen atoms in total. The van der Waals surface area contributed by atoms with E-state index in [2.05, 4.69) is 13.0 Å². The van der Waals surface area contributed by atoms with E-state index >= 15 is 0 Å². The predicted molar refractivity (Wildman–Crippen MR) is 71.3 cm³/mol. The Labute approximate surface area is 109 Å². The molecule has 0 saturated heterocycles. The Morgan fingerprint density at radius 1 is 1.56 bits per heavy atom. The summed E-state index contributed by atoms with van der Waals surface area (Å²) in [6.45, 7) is 2.10. The summed E-state index contributed by atoms with van der Waals surface area (Å²) in [5.41, 5.74) is 0. The van der Waals surface area contributed by atoms with Gasteiger partial charge in [0, 0.05) is 18.8 Å². The van der Waals surface area contributed by atoms with Crippen LogP contribution in [-0.2, 0) is 9.59 Å². The lowest BCUT2D eigenvalue weighted by Gasteiger charge is -2.10. The SMILES string of the molecule is CCCC(/C=C\CC1C=CCC1=O)CCC(=O)O. The summed E-state index contributed by atoms with van der Waals surface area (Å²) in [7, 11) is 0. The molecule has 1 N–H and O–H groups in total. The van der Waals surface area contributed by atoms with Gasteiger partial charge in [0.15, 0.2) is 0 Å². The van der Waals surface area contributed by atoms with Gasteiger partial charge in [-0.15, -0.1) is 0 Å². The summed E-state index contributed by atoms with van der Waals surface area (Å²) in [5.74, 6) is -0.0785. The largest absolute Gasteiger partial charge is 0.481 e. The van der Waals surface area contributed by atoms with Crippen LogP contribution in [0.1, 0.15) is 45.4 Å². The van der Waals surface area contributed by atoms with Crippen LogP contribution in [0, 0.1) is 11.8 Å². The van der Waals surface area contributed by atoms with E-state index in [-0.39, 0.29) is 18.1 Å². The number of carbonyl (C=O) groups is 2. The Balaban J connectivity index is 2.36. The van der Waals surface area contributed by atoms with Crippen LogP contribution >= 0.6 is 0 Å². The van der Waals surface area contributed by atoms with Crippen LogP contribution in [0.3, 0.4) is 0 Å². The predicted octanol–water partition coefficient (Wildman–Crippen LogP) is 3.36. The van der Waals surface area contributed by atoms with Crippen molar-refractivity contribution in [2.45, 2.75) is 45.4 Å².